The maximum atomic E-state index is 13.3. The van der Waals surface area contributed by atoms with Crippen molar-refractivity contribution in [1.82, 2.24) is 5.32 Å². The van der Waals surface area contributed by atoms with Crippen LogP contribution in [0.3, 0.4) is 0 Å². The van der Waals surface area contributed by atoms with Gasteiger partial charge in [0.2, 0.25) is 0 Å². The average Bonchev–Trinajstić information content (AvgIpc) is 2.45. The molecule has 0 saturated carbocycles. The van der Waals surface area contributed by atoms with Crippen molar-refractivity contribution in [1.29, 1.82) is 0 Å². The van der Waals surface area contributed by atoms with E-state index in [0.29, 0.717) is 24.8 Å². The summed E-state index contributed by atoms with van der Waals surface area (Å²) in [6, 6.07) is 3.66. The molecule has 0 spiro atoms. The van der Waals surface area contributed by atoms with Crippen molar-refractivity contribution in [3.05, 3.63) is 29.6 Å². The van der Waals surface area contributed by atoms with E-state index in [1.165, 1.54) is 6.07 Å². The number of rotatable bonds is 4. The molecule has 0 aliphatic carbocycles. The molecule has 1 aromatic rings. The summed E-state index contributed by atoms with van der Waals surface area (Å²) >= 11 is 0. The molecule has 1 aliphatic rings. The monoisotopic (exact) mass is 304 g/mol. The Morgan fingerprint density at radius 1 is 1.24 bits per heavy atom. The predicted molar refractivity (Wildman–Crippen MR) is 74.9 cm³/mol. The van der Waals surface area contributed by atoms with Gasteiger partial charge in [-0.2, -0.15) is 13.2 Å². The molecule has 1 aromatic carbocycles. The Labute approximate surface area is 122 Å². The van der Waals surface area contributed by atoms with Gasteiger partial charge in [-0.15, -0.1) is 0 Å². The second-order valence-electron chi connectivity index (χ2n) is 5.38. The molecule has 6 heteroatoms. The first-order valence-electron chi connectivity index (χ1n) is 7.27. The van der Waals surface area contributed by atoms with E-state index in [1.54, 1.807) is 0 Å². The van der Waals surface area contributed by atoms with Crippen molar-refractivity contribution in [2.75, 3.05) is 24.5 Å². The molecule has 1 heterocycles. The molecule has 1 aliphatic heterocycles. The Morgan fingerprint density at radius 2 is 1.90 bits per heavy atom. The summed E-state index contributed by atoms with van der Waals surface area (Å²) in [5, 5.41) is 3.42. The summed E-state index contributed by atoms with van der Waals surface area (Å²) in [6.07, 6.45) is -1.81. The normalized spacial score (nSPS) is 17.3. The van der Waals surface area contributed by atoms with Gasteiger partial charge in [0.1, 0.15) is 5.82 Å². The highest BCUT2D eigenvalue weighted by atomic mass is 19.4. The minimum absolute atomic E-state index is 0.420. The largest absolute Gasteiger partial charge is 0.419 e. The van der Waals surface area contributed by atoms with Crippen molar-refractivity contribution in [2.24, 2.45) is 0 Å². The third-order valence-corrected chi connectivity index (χ3v) is 3.80. The highest BCUT2D eigenvalue weighted by Crippen LogP contribution is 2.34. The Morgan fingerprint density at radius 3 is 2.48 bits per heavy atom. The van der Waals surface area contributed by atoms with Gasteiger partial charge in [-0.25, -0.2) is 4.39 Å². The summed E-state index contributed by atoms with van der Waals surface area (Å²) in [4.78, 5) is 1.89. The Hall–Kier alpha value is -1.30. The van der Waals surface area contributed by atoms with E-state index in [9.17, 15) is 17.6 Å². The summed E-state index contributed by atoms with van der Waals surface area (Å²) in [5.41, 5.74) is -0.746. The van der Waals surface area contributed by atoms with Gasteiger partial charge in [0, 0.05) is 24.8 Å². The van der Waals surface area contributed by atoms with Crippen molar-refractivity contribution in [2.45, 2.75) is 38.4 Å². The van der Waals surface area contributed by atoms with Gasteiger partial charge < -0.3 is 10.2 Å². The molecular weight excluding hydrogens is 284 g/mol. The van der Waals surface area contributed by atoms with E-state index in [2.05, 4.69) is 12.2 Å². The Balaban J connectivity index is 2.04. The lowest BCUT2D eigenvalue weighted by atomic mass is 10.0. The third-order valence-electron chi connectivity index (χ3n) is 3.80. The van der Waals surface area contributed by atoms with Crippen molar-refractivity contribution in [3.8, 4) is 0 Å². The zero-order chi connectivity index (χ0) is 15.5. The lowest BCUT2D eigenvalue weighted by Crippen LogP contribution is -2.42. The maximum absolute atomic E-state index is 13.3. The van der Waals surface area contributed by atoms with Crippen molar-refractivity contribution >= 4 is 5.69 Å². The zero-order valence-electron chi connectivity index (χ0n) is 12.0. The lowest BCUT2D eigenvalue weighted by Gasteiger charge is -2.34. The SMILES string of the molecule is CCCNC1CCN(c2ccc(F)c(C(F)(F)F)c2)CC1. The number of nitrogens with zero attached hydrogens (tertiary/aromatic N) is 1. The van der Waals surface area contributed by atoms with E-state index in [4.69, 9.17) is 0 Å². The van der Waals surface area contributed by atoms with Crippen LogP contribution >= 0.6 is 0 Å². The lowest BCUT2D eigenvalue weighted by molar-refractivity contribution is -0.139. The van der Waals surface area contributed by atoms with Crippen LogP contribution in [0, 0.1) is 5.82 Å². The molecule has 1 N–H and O–H groups in total. The van der Waals surface area contributed by atoms with Gasteiger partial charge in [-0.3, -0.25) is 0 Å². The summed E-state index contributed by atoms with van der Waals surface area (Å²) in [7, 11) is 0. The average molecular weight is 304 g/mol. The van der Waals surface area contributed by atoms with Crippen LogP contribution in [0.1, 0.15) is 31.7 Å². The van der Waals surface area contributed by atoms with E-state index in [-0.39, 0.29) is 0 Å². The molecule has 2 rings (SSSR count). The molecule has 0 unspecified atom stereocenters. The molecule has 0 atom stereocenters. The summed E-state index contributed by atoms with van der Waals surface area (Å²) in [6.45, 7) is 4.42. The predicted octanol–water partition coefficient (Wildman–Crippen LogP) is 3.81. The number of piperidine rings is 1. The van der Waals surface area contributed by atoms with Crippen LogP contribution in [0.4, 0.5) is 23.2 Å². The van der Waals surface area contributed by atoms with Gasteiger partial charge in [-0.05, 0) is 44.0 Å². The zero-order valence-corrected chi connectivity index (χ0v) is 12.0. The quantitative estimate of drug-likeness (QED) is 0.851. The second kappa shape index (κ2) is 6.64. The van der Waals surface area contributed by atoms with E-state index in [1.807, 2.05) is 4.90 Å². The molecule has 118 valence electrons. The fourth-order valence-electron chi connectivity index (χ4n) is 2.62. The van der Waals surface area contributed by atoms with Crippen LogP contribution in [0.5, 0.6) is 0 Å². The first kappa shape index (κ1) is 16.1. The van der Waals surface area contributed by atoms with Gasteiger partial charge in [-0.1, -0.05) is 6.92 Å². The molecule has 0 radical (unpaired) electrons. The Kier molecular flexibility index (Phi) is 5.08. The van der Waals surface area contributed by atoms with Gasteiger partial charge >= 0.3 is 6.18 Å². The van der Waals surface area contributed by atoms with Crippen LogP contribution in [-0.2, 0) is 6.18 Å². The molecule has 0 bridgehead atoms. The van der Waals surface area contributed by atoms with E-state index < -0.39 is 17.6 Å². The standard InChI is InChI=1S/C15H20F4N2/c1-2-7-20-11-5-8-21(9-6-11)12-3-4-14(16)13(10-12)15(17,18)19/h3-4,10-11,20H,2,5-9H2,1H3. The summed E-state index contributed by atoms with van der Waals surface area (Å²) in [5.74, 6) is -1.22. The molecule has 2 nitrogen and oxygen atoms in total. The number of hydrogen-bond donors (Lipinski definition) is 1. The number of hydrogen-bond acceptors (Lipinski definition) is 2. The van der Waals surface area contributed by atoms with Crippen molar-refractivity contribution in [3.63, 3.8) is 0 Å². The second-order valence-corrected chi connectivity index (χ2v) is 5.38. The fraction of sp³-hybridized carbons (Fsp3) is 0.600. The Bertz CT molecular complexity index is 465. The van der Waals surface area contributed by atoms with Gasteiger partial charge in [0.15, 0.2) is 0 Å². The summed E-state index contributed by atoms with van der Waals surface area (Å²) < 4.78 is 51.5. The van der Waals surface area contributed by atoms with Crippen LogP contribution in [0.2, 0.25) is 0 Å². The van der Waals surface area contributed by atoms with E-state index in [0.717, 1.165) is 37.9 Å². The first-order valence-corrected chi connectivity index (χ1v) is 7.27. The van der Waals surface area contributed by atoms with Crippen LogP contribution in [-0.4, -0.2) is 25.7 Å². The first-order chi connectivity index (χ1) is 9.91. The van der Waals surface area contributed by atoms with Gasteiger partial charge in [0.05, 0.1) is 5.56 Å². The third kappa shape index (κ3) is 4.09. The number of benzene rings is 1. The van der Waals surface area contributed by atoms with E-state index >= 15 is 0 Å². The van der Waals surface area contributed by atoms with Crippen LogP contribution in [0.15, 0.2) is 18.2 Å². The van der Waals surface area contributed by atoms with Crippen LogP contribution in [0.25, 0.3) is 0 Å². The molecule has 0 aromatic heterocycles. The van der Waals surface area contributed by atoms with Crippen molar-refractivity contribution < 1.29 is 17.6 Å². The number of anilines is 1. The minimum Gasteiger partial charge on any atom is -0.371 e. The number of alkyl halides is 3. The number of halogens is 4. The molecule has 21 heavy (non-hydrogen) atoms. The number of nitrogens with one attached hydrogen (secondary N) is 1. The van der Waals surface area contributed by atoms with Gasteiger partial charge in [0.25, 0.3) is 0 Å². The highest BCUT2D eigenvalue weighted by Gasteiger charge is 2.34. The fourth-order valence-corrected chi connectivity index (χ4v) is 2.62. The minimum atomic E-state index is -4.65. The topological polar surface area (TPSA) is 15.3 Å². The molecule has 1 fully saturated rings. The molecule has 0 amide bonds. The highest BCUT2D eigenvalue weighted by molar-refractivity contribution is 5.50. The molecular formula is C15H20F4N2. The molecule has 1 saturated heterocycles. The van der Waals surface area contributed by atoms with Crippen LogP contribution < -0.4 is 10.2 Å². The maximum Gasteiger partial charge on any atom is 0.419 e. The smallest absolute Gasteiger partial charge is 0.371 e.